The molecule has 0 radical (unpaired) electrons. The predicted octanol–water partition coefficient (Wildman–Crippen LogP) is 3.84. The van der Waals surface area contributed by atoms with E-state index in [0.717, 1.165) is 48.9 Å². The Morgan fingerprint density at radius 1 is 1.12 bits per heavy atom. The summed E-state index contributed by atoms with van der Waals surface area (Å²) < 4.78 is 19.8. The maximum absolute atomic E-state index is 13.9. The van der Waals surface area contributed by atoms with Crippen LogP contribution < -0.4 is 5.32 Å². The Morgan fingerprint density at radius 3 is 2.42 bits per heavy atom. The van der Waals surface area contributed by atoms with Crippen LogP contribution in [0, 0.1) is 12.7 Å². The van der Waals surface area contributed by atoms with Crippen molar-refractivity contribution >= 4 is 6.29 Å². The first kappa shape index (κ1) is 16.8. The van der Waals surface area contributed by atoms with Crippen LogP contribution in [-0.4, -0.2) is 26.5 Å². The third-order valence-corrected chi connectivity index (χ3v) is 4.98. The molecule has 0 saturated carbocycles. The van der Waals surface area contributed by atoms with Gasteiger partial charge in [0.05, 0.1) is 5.60 Å². The molecule has 3 nitrogen and oxygen atoms in total. The van der Waals surface area contributed by atoms with Gasteiger partial charge in [0.1, 0.15) is 12.1 Å². The van der Waals surface area contributed by atoms with Crippen LogP contribution in [-0.2, 0) is 10.3 Å². The van der Waals surface area contributed by atoms with Crippen LogP contribution in [0.2, 0.25) is 0 Å². The number of nitrogens with one attached hydrogen (secondary N) is 1. The number of benzene rings is 2. The molecule has 2 aromatic rings. The molecule has 2 aromatic carbocycles. The Labute approximate surface area is 141 Å². The molecule has 0 amide bonds. The van der Waals surface area contributed by atoms with E-state index in [1.54, 1.807) is 26.2 Å². The molecule has 1 heterocycles. The smallest absolute Gasteiger partial charge is 0.150 e. The molecule has 1 N–H and O–H groups in total. The zero-order valence-electron chi connectivity index (χ0n) is 14.1. The van der Waals surface area contributed by atoms with Gasteiger partial charge in [0.15, 0.2) is 0 Å². The Kier molecular flexibility index (Phi) is 4.78. The second kappa shape index (κ2) is 6.83. The Bertz CT molecular complexity index is 751. The third-order valence-electron chi connectivity index (χ3n) is 4.98. The van der Waals surface area contributed by atoms with E-state index in [2.05, 4.69) is 5.32 Å². The van der Waals surface area contributed by atoms with E-state index in [1.807, 2.05) is 18.2 Å². The number of carbonyl (C=O) groups is 1. The molecule has 1 saturated heterocycles. The Balaban J connectivity index is 2.11. The van der Waals surface area contributed by atoms with Crippen LogP contribution in [0.25, 0.3) is 11.1 Å². The molecular weight excluding hydrogens is 305 g/mol. The third kappa shape index (κ3) is 2.99. The molecule has 1 aliphatic heterocycles. The molecule has 126 valence electrons. The van der Waals surface area contributed by atoms with Crippen molar-refractivity contribution in [2.24, 2.45) is 0 Å². The molecule has 1 fully saturated rings. The number of aldehydes is 1. The van der Waals surface area contributed by atoms with Crippen molar-refractivity contribution in [3.05, 3.63) is 58.9 Å². The van der Waals surface area contributed by atoms with E-state index >= 15 is 0 Å². The van der Waals surface area contributed by atoms with Gasteiger partial charge >= 0.3 is 0 Å². The summed E-state index contributed by atoms with van der Waals surface area (Å²) >= 11 is 0. The van der Waals surface area contributed by atoms with Gasteiger partial charge in [-0.25, -0.2) is 4.39 Å². The SMILES string of the molecule is COC1(c2cc(-c3ccc(C)c(F)c3)ccc2C=O)CCNCC1. The number of piperidine rings is 1. The molecule has 0 spiro atoms. The summed E-state index contributed by atoms with van der Waals surface area (Å²) in [7, 11) is 1.69. The van der Waals surface area contributed by atoms with Gasteiger partial charge in [0.25, 0.3) is 0 Å². The number of hydrogen-bond donors (Lipinski definition) is 1. The fourth-order valence-corrected chi connectivity index (χ4v) is 3.42. The molecule has 0 unspecified atom stereocenters. The first-order chi connectivity index (χ1) is 11.6. The van der Waals surface area contributed by atoms with E-state index in [1.165, 1.54) is 6.07 Å². The minimum absolute atomic E-state index is 0.225. The lowest BCUT2D eigenvalue weighted by Crippen LogP contribution is -2.41. The number of hydrogen-bond acceptors (Lipinski definition) is 3. The highest BCUT2D eigenvalue weighted by Gasteiger charge is 2.35. The summed E-state index contributed by atoms with van der Waals surface area (Å²) in [5.74, 6) is -0.225. The maximum Gasteiger partial charge on any atom is 0.150 e. The van der Waals surface area contributed by atoms with Crippen molar-refractivity contribution in [2.45, 2.75) is 25.4 Å². The van der Waals surface area contributed by atoms with E-state index < -0.39 is 5.60 Å². The van der Waals surface area contributed by atoms with Gasteiger partial charge < -0.3 is 10.1 Å². The van der Waals surface area contributed by atoms with E-state index in [9.17, 15) is 9.18 Å². The lowest BCUT2D eigenvalue weighted by atomic mass is 9.81. The first-order valence-corrected chi connectivity index (χ1v) is 8.22. The van der Waals surface area contributed by atoms with Crippen molar-refractivity contribution in [2.75, 3.05) is 20.2 Å². The minimum atomic E-state index is -0.471. The Morgan fingerprint density at radius 2 is 1.79 bits per heavy atom. The molecule has 24 heavy (non-hydrogen) atoms. The normalized spacial score (nSPS) is 16.8. The molecule has 3 rings (SSSR count). The van der Waals surface area contributed by atoms with E-state index in [0.29, 0.717) is 11.1 Å². The monoisotopic (exact) mass is 327 g/mol. The molecule has 1 aliphatic rings. The maximum atomic E-state index is 13.9. The summed E-state index contributed by atoms with van der Waals surface area (Å²) in [5.41, 5.74) is 3.37. The molecule has 4 heteroatoms. The number of aryl methyl sites for hydroxylation is 1. The molecule has 0 bridgehead atoms. The number of halogens is 1. The van der Waals surface area contributed by atoms with Crippen molar-refractivity contribution in [3.8, 4) is 11.1 Å². The topological polar surface area (TPSA) is 38.3 Å². The second-order valence-corrected chi connectivity index (χ2v) is 6.33. The van der Waals surface area contributed by atoms with Crippen molar-refractivity contribution in [1.82, 2.24) is 5.32 Å². The second-order valence-electron chi connectivity index (χ2n) is 6.33. The van der Waals surface area contributed by atoms with Gasteiger partial charge in [-0.05, 0) is 67.2 Å². The van der Waals surface area contributed by atoms with Crippen molar-refractivity contribution in [3.63, 3.8) is 0 Å². The largest absolute Gasteiger partial charge is 0.373 e. The fraction of sp³-hybridized carbons (Fsp3) is 0.350. The summed E-state index contributed by atoms with van der Waals surface area (Å²) in [6.45, 7) is 3.43. The average Bonchev–Trinajstić information content (AvgIpc) is 2.64. The van der Waals surface area contributed by atoms with Gasteiger partial charge in [-0.2, -0.15) is 0 Å². The van der Waals surface area contributed by atoms with Gasteiger partial charge in [-0.1, -0.05) is 24.3 Å². The minimum Gasteiger partial charge on any atom is -0.373 e. The van der Waals surface area contributed by atoms with Gasteiger partial charge in [-0.3, -0.25) is 4.79 Å². The highest BCUT2D eigenvalue weighted by Crippen LogP contribution is 2.38. The Hall–Kier alpha value is -2.04. The zero-order valence-corrected chi connectivity index (χ0v) is 14.1. The quantitative estimate of drug-likeness (QED) is 0.867. The van der Waals surface area contributed by atoms with Crippen molar-refractivity contribution in [1.29, 1.82) is 0 Å². The average molecular weight is 327 g/mol. The van der Waals surface area contributed by atoms with Gasteiger partial charge in [0, 0.05) is 12.7 Å². The van der Waals surface area contributed by atoms with Crippen LogP contribution in [0.4, 0.5) is 4.39 Å². The van der Waals surface area contributed by atoms with Gasteiger partial charge in [0.2, 0.25) is 0 Å². The lowest BCUT2D eigenvalue weighted by Gasteiger charge is -2.38. The standard InChI is InChI=1S/C20H22FNO2/c1-14-3-4-16(12-19(14)21)15-5-6-17(13-23)18(11-15)20(24-2)7-9-22-10-8-20/h3-6,11-13,22H,7-10H2,1-2H3. The van der Waals surface area contributed by atoms with Crippen LogP contribution in [0.3, 0.4) is 0 Å². The predicted molar refractivity (Wildman–Crippen MR) is 92.8 cm³/mol. The van der Waals surface area contributed by atoms with Crippen LogP contribution >= 0.6 is 0 Å². The number of methoxy groups -OCH3 is 1. The summed E-state index contributed by atoms with van der Waals surface area (Å²) in [6, 6.07) is 10.9. The lowest BCUT2D eigenvalue weighted by molar-refractivity contribution is -0.0394. The highest BCUT2D eigenvalue weighted by molar-refractivity contribution is 5.80. The van der Waals surface area contributed by atoms with Crippen molar-refractivity contribution < 1.29 is 13.9 Å². The zero-order chi connectivity index (χ0) is 17.2. The highest BCUT2D eigenvalue weighted by atomic mass is 19.1. The molecule has 0 aliphatic carbocycles. The van der Waals surface area contributed by atoms with E-state index in [4.69, 9.17) is 4.74 Å². The summed E-state index contributed by atoms with van der Waals surface area (Å²) in [5, 5.41) is 3.32. The molecule has 0 aromatic heterocycles. The summed E-state index contributed by atoms with van der Waals surface area (Å²) in [6.07, 6.45) is 2.48. The van der Waals surface area contributed by atoms with Crippen LogP contribution in [0.15, 0.2) is 36.4 Å². The number of rotatable bonds is 4. The molecule has 0 atom stereocenters. The summed E-state index contributed by atoms with van der Waals surface area (Å²) in [4.78, 5) is 11.5. The first-order valence-electron chi connectivity index (χ1n) is 8.22. The number of ether oxygens (including phenoxy) is 1. The van der Waals surface area contributed by atoms with Crippen LogP contribution in [0.5, 0.6) is 0 Å². The molecular formula is C20H22FNO2. The number of carbonyl (C=O) groups excluding carboxylic acids is 1. The van der Waals surface area contributed by atoms with E-state index in [-0.39, 0.29) is 5.82 Å². The van der Waals surface area contributed by atoms with Gasteiger partial charge in [-0.15, -0.1) is 0 Å². The van der Waals surface area contributed by atoms with Crippen LogP contribution in [0.1, 0.15) is 34.3 Å². The fourth-order valence-electron chi connectivity index (χ4n) is 3.42.